The highest BCUT2D eigenvalue weighted by atomic mass is 32.1. The molecule has 1 aromatic carbocycles. The number of thiophene rings is 1. The van der Waals surface area contributed by atoms with Gasteiger partial charge < -0.3 is 15.8 Å². The van der Waals surface area contributed by atoms with E-state index in [1.807, 2.05) is 11.4 Å². The first-order valence-corrected chi connectivity index (χ1v) is 7.02. The highest BCUT2D eigenvalue weighted by molar-refractivity contribution is 7.10. The second kappa shape index (κ2) is 6.49. The molecule has 0 aliphatic heterocycles. The predicted molar refractivity (Wildman–Crippen MR) is 77.4 cm³/mol. The molecule has 1 aromatic heterocycles. The van der Waals surface area contributed by atoms with Crippen molar-refractivity contribution in [2.24, 2.45) is 5.73 Å². The van der Waals surface area contributed by atoms with Crippen LogP contribution in [0.5, 0.6) is 5.75 Å². The zero-order valence-corrected chi connectivity index (χ0v) is 11.7. The fourth-order valence-corrected chi connectivity index (χ4v) is 2.41. The molecule has 106 valence electrons. The monoisotopic (exact) mass is 294 g/mol. The van der Waals surface area contributed by atoms with Gasteiger partial charge in [0.25, 0.3) is 0 Å². The summed E-state index contributed by atoms with van der Waals surface area (Å²) in [5.74, 6) is -0.492. The molecular weight excluding hydrogens is 279 g/mol. The van der Waals surface area contributed by atoms with E-state index in [0.717, 1.165) is 4.88 Å². The Balaban J connectivity index is 2.15. The zero-order chi connectivity index (χ0) is 14.5. The molecule has 4 nitrogen and oxygen atoms in total. The van der Waals surface area contributed by atoms with E-state index in [9.17, 15) is 9.18 Å². The van der Waals surface area contributed by atoms with Gasteiger partial charge in [-0.2, -0.15) is 0 Å². The molecule has 0 saturated heterocycles. The Hall–Kier alpha value is -1.92. The summed E-state index contributed by atoms with van der Waals surface area (Å²) in [5.41, 5.74) is 6.28. The van der Waals surface area contributed by atoms with Crippen molar-refractivity contribution in [1.29, 1.82) is 0 Å². The molecule has 3 N–H and O–H groups in total. The first-order chi connectivity index (χ1) is 9.61. The summed E-state index contributed by atoms with van der Waals surface area (Å²) in [6.07, 6.45) is 0. The van der Waals surface area contributed by atoms with Crippen LogP contribution in [0, 0.1) is 5.82 Å². The van der Waals surface area contributed by atoms with Gasteiger partial charge in [0.1, 0.15) is 17.6 Å². The van der Waals surface area contributed by atoms with Crippen molar-refractivity contribution in [2.45, 2.75) is 13.0 Å². The fraction of sp³-hybridized carbons (Fsp3) is 0.214. The second-order valence-electron chi connectivity index (χ2n) is 4.06. The van der Waals surface area contributed by atoms with Gasteiger partial charge in [-0.15, -0.1) is 11.3 Å². The molecule has 20 heavy (non-hydrogen) atoms. The highest BCUT2D eigenvalue weighted by Crippen LogP contribution is 2.27. The molecule has 2 aromatic rings. The minimum atomic E-state index is -0.755. The minimum absolute atomic E-state index is 0.291. The lowest BCUT2D eigenvalue weighted by Gasteiger charge is -2.14. The van der Waals surface area contributed by atoms with Gasteiger partial charge in [0, 0.05) is 10.9 Å². The Bertz CT molecular complexity index is 587. The van der Waals surface area contributed by atoms with Crippen LogP contribution in [-0.2, 0) is 4.79 Å². The predicted octanol–water partition coefficient (Wildman–Crippen LogP) is 2.92. The van der Waals surface area contributed by atoms with Crippen molar-refractivity contribution in [3.05, 3.63) is 46.4 Å². The molecule has 2 rings (SSSR count). The lowest BCUT2D eigenvalue weighted by atomic mass is 10.2. The number of halogens is 1. The van der Waals surface area contributed by atoms with Crippen LogP contribution in [-0.4, -0.2) is 12.5 Å². The standard InChI is InChI=1S/C14H15FN2O2S/c1-2-19-11-8-9(15)5-6-10(11)17-14(18)13(16)12-4-3-7-20-12/h3-8,13H,2,16H2,1H3,(H,17,18). The van der Waals surface area contributed by atoms with Crippen molar-refractivity contribution in [1.82, 2.24) is 0 Å². The Morgan fingerprint density at radius 2 is 2.30 bits per heavy atom. The minimum Gasteiger partial charge on any atom is -0.492 e. The van der Waals surface area contributed by atoms with Gasteiger partial charge in [-0.3, -0.25) is 4.79 Å². The van der Waals surface area contributed by atoms with Gasteiger partial charge in [-0.1, -0.05) is 6.07 Å². The molecule has 0 radical (unpaired) electrons. The van der Waals surface area contributed by atoms with E-state index >= 15 is 0 Å². The van der Waals surface area contributed by atoms with E-state index in [4.69, 9.17) is 10.5 Å². The average molecular weight is 294 g/mol. The second-order valence-corrected chi connectivity index (χ2v) is 5.04. The van der Waals surface area contributed by atoms with Crippen LogP contribution < -0.4 is 15.8 Å². The Kier molecular flexibility index (Phi) is 4.70. The van der Waals surface area contributed by atoms with Crippen LogP contribution in [0.2, 0.25) is 0 Å². The third kappa shape index (κ3) is 3.34. The SMILES string of the molecule is CCOc1cc(F)ccc1NC(=O)C(N)c1cccs1. The summed E-state index contributed by atoms with van der Waals surface area (Å²) in [7, 11) is 0. The molecular formula is C14H15FN2O2S. The number of hydrogen-bond donors (Lipinski definition) is 2. The number of nitrogens with two attached hydrogens (primary N) is 1. The quantitative estimate of drug-likeness (QED) is 0.891. The number of carbonyl (C=O) groups excluding carboxylic acids is 1. The van der Waals surface area contributed by atoms with Crippen LogP contribution in [0.3, 0.4) is 0 Å². The van der Waals surface area contributed by atoms with Gasteiger partial charge in [0.05, 0.1) is 12.3 Å². The van der Waals surface area contributed by atoms with Crippen molar-refractivity contribution in [2.75, 3.05) is 11.9 Å². The molecule has 0 aliphatic rings. The molecule has 1 heterocycles. The molecule has 0 bridgehead atoms. The normalized spacial score (nSPS) is 11.9. The molecule has 0 saturated carbocycles. The Morgan fingerprint density at radius 3 is 2.95 bits per heavy atom. The van der Waals surface area contributed by atoms with E-state index in [1.54, 1.807) is 13.0 Å². The summed E-state index contributed by atoms with van der Waals surface area (Å²) >= 11 is 1.41. The summed E-state index contributed by atoms with van der Waals surface area (Å²) in [4.78, 5) is 12.8. The molecule has 1 atom stereocenters. The molecule has 0 fully saturated rings. The van der Waals surface area contributed by atoms with Crippen LogP contribution in [0.15, 0.2) is 35.7 Å². The lowest BCUT2D eigenvalue weighted by molar-refractivity contribution is -0.117. The molecule has 0 spiro atoms. The molecule has 1 amide bonds. The smallest absolute Gasteiger partial charge is 0.246 e. The van der Waals surface area contributed by atoms with E-state index in [2.05, 4.69) is 5.32 Å². The van der Waals surface area contributed by atoms with E-state index in [-0.39, 0.29) is 5.91 Å². The maximum atomic E-state index is 13.2. The summed E-state index contributed by atoms with van der Waals surface area (Å²) in [6, 6.07) is 6.82. The lowest BCUT2D eigenvalue weighted by Crippen LogP contribution is -2.27. The topological polar surface area (TPSA) is 64.3 Å². The number of benzene rings is 1. The van der Waals surface area contributed by atoms with Gasteiger partial charge in [0.2, 0.25) is 5.91 Å². The third-order valence-electron chi connectivity index (χ3n) is 2.63. The number of hydrogen-bond acceptors (Lipinski definition) is 4. The third-order valence-corrected chi connectivity index (χ3v) is 3.59. The van der Waals surface area contributed by atoms with Crippen molar-refractivity contribution < 1.29 is 13.9 Å². The summed E-state index contributed by atoms with van der Waals surface area (Å²) in [6.45, 7) is 2.16. The van der Waals surface area contributed by atoms with Crippen LogP contribution >= 0.6 is 11.3 Å². The maximum Gasteiger partial charge on any atom is 0.246 e. The molecule has 0 aliphatic carbocycles. The van der Waals surface area contributed by atoms with Crippen molar-refractivity contribution >= 4 is 22.9 Å². The number of carbonyl (C=O) groups is 1. The maximum absolute atomic E-state index is 13.2. The Morgan fingerprint density at radius 1 is 1.50 bits per heavy atom. The van der Waals surface area contributed by atoms with Crippen LogP contribution in [0.4, 0.5) is 10.1 Å². The largest absolute Gasteiger partial charge is 0.492 e. The van der Waals surface area contributed by atoms with Gasteiger partial charge >= 0.3 is 0 Å². The highest BCUT2D eigenvalue weighted by Gasteiger charge is 2.18. The van der Waals surface area contributed by atoms with Crippen molar-refractivity contribution in [3.63, 3.8) is 0 Å². The molecule has 1 unspecified atom stereocenters. The zero-order valence-electron chi connectivity index (χ0n) is 10.9. The Labute approximate surface area is 120 Å². The van der Waals surface area contributed by atoms with Crippen molar-refractivity contribution in [3.8, 4) is 5.75 Å². The van der Waals surface area contributed by atoms with Gasteiger partial charge in [0.15, 0.2) is 0 Å². The average Bonchev–Trinajstić information content (AvgIpc) is 2.95. The number of anilines is 1. The van der Waals surface area contributed by atoms with E-state index in [0.29, 0.717) is 18.0 Å². The first kappa shape index (κ1) is 14.5. The number of amides is 1. The molecule has 6 heteroatoms. The van der Waals surface area contributed by atoms with Gasteiger partial charge in [-0.25, -0.2) is 4.39 Å². The van der Waals surface area contributed by atoms with Gasteiger partial charge in [-0.05, 0) is 30.5 Å². The van der Waals surface area contributed by atoms with E-state index < -0.39 is 11.9 Å². The fourth-order valence-electron chi connectivity index (χ4n) is 1.68. The number of nitrogens with one attached hydrogen (secondary N) is 1. The number of rotatable bonds is 5. The summed E-state index contributed by atoms with van der Waals surface area (Å²) in [5, 5.41) is 4.51. The summed E-state index contributed by atoms with van der Waals surface area (Å²) < 4.78 is 18.5. The number of ether oxygens (including phenoxy) is 1. The first-order valence-electron chi connectivity index (χ1n) is 6.14. The van der Waals surface area contributed by atoms with Crippen LogP contribution in [0.1, 0.15) is 17.8 Å². The van der Waals surface area contributed by atoms with E-state index in [1.165, 1.54) is 29.5 Å². The van der Waals surface area contributed by atoms with Crippen LogP contribution in [0.25, 0.3) is 0 Å².